The largest absolute Gasteiger partial charge is 0.456 e. The van der Waals surface area contributed by atoms with E-state index in [1.54, 1.807) is 0 Å². The molecule has 0 bridgehead atoms. The molecule has 8 aromatic carbocycles. The standard InChI is InChI=1S/C53H39NO/c1-4-46(44-27-25-38-17-8-10-19-40(38)33-44)35(2)31-49(45-28-26-39-18-9-11-20-41(39)34-45)54-36(3)52-47(29-30-51-53(52)48-23-12-13-24-50(48)55-51)43-22-14-21-42(32-43)37-15-6-5-7-16-37/h4-30,32-34H,1,3,31H2,2H3/b46-35+,54-49+. The van der Waals surface area contributed by atoms with Crippen molar-refractivity contribution in [2.24, 2.45) is 4.99 Å². The maximum absolute atomic E-state index is 6.45. The predicted octanol–water partition coefficient (Wildman–Crippen LogP) is 14.7. The van der Waals surface area contributed by atoms with E-state index >= 15 is 0 Å². The molecule has 0 amide bonds. The fraction of sp³-hybridized carbons (Fsp3) is 0.0377. The van der Waals surface area contributed by atoms with Gasteiger partial charge in [-0.05, 0) is 104 Å². The van der Waals surface area contributed by atoms with E-state index in [2.05, 4.69) is 177 Å². The Bertz CT molecular complexity index is 2990. The van der Waals surface area contributed by atoms with Gasteiger partial charge in [0.2, 0.25) is 0 Å². The maximum Gasteiger partial charge on any atom is 0.136 e. The molecule has 2 nitrogen and oxygen atoms in total. The van der Waals surface area contributed by atoms with Crippen LogP contribution in [-0.4, -0.2) is 5.71 Å². The lowest BCUT2D eigenvalue weighted by Gasteiger charge is -2.16. The summed E-state index contributed by atoms with van der Waals surface area (Å²) >= 11 is 0. The summed E-state index contributed by atoms with van der Waals surface area (Å²) in [5.41, 5.74) is 13.2. The Hall–Kier alpha value is -7.03. The van der Waals surface area contributed by atoms with E-state index in [9.17, 15) is 0 Å². The number of nitrogens with zero attached hydrogens (tertiary/aromatic N) is 1. The second kappa shape index (κ2) is 14.4. The molecule has 0 aliphatic heterocycles. The van der Waals surface area contributed by atoms with Crippen molar-refractivity contribution in [3.05, 3.63) is 217 Å². The van der Waals surface area contributed by atoms with Gasteiger partial charge < -0.3 is 4.42 Å². The van der Waals surface area contributed by atoms with Gasteiger partial charge in [-0.1, -0.05) is 164 Å². The van der Waals surface area contributed by atoms with Gasteiger partial charge in [0, 0.05) is 22.8 Å². The Morgan fingerprint density at radius 3 is 1.93 bits per heavy atom. The second-order valence-electron chi connectivity index (χ2n) is 14.1. The summed E-state index contributed by atoms with van der Waals surface area (Å²) in [5, 5.41) is 6.83. The first kappa shape index (κ1) is 33.8. The molecule has 1 heterocycles. The maximum atomic E-state index is 6.45. The summed E-state index contributed by atoms with van der Waals surface area (Å²) < 4.78 is 6.45. The monoisotopic (exact) mass is 705 g/mol. The molecule has 0 saturated carbocycles. The molecule has 0 unspecified atom stereocenters. The lowest BCUT2D eigenvalue weighted by molar-refractivity contribution is 0.669. The Morgan fingerprint density at radius 1 is 0.564 bits per heavy atom. The van der Waals surface area contributed by atoms with Crippen LogP contribution in [0.1, 0.15) is 30.0 Å². The van der Waals surface area contributed by atoms with Crippen molar-refractivity contribution in [2.45, 2.75) is 13.3 Å². The quantitative estimate of drug-likeness (QED) is 0.108. The van der Waals surface area contributed by atoms with Crippen LogP contribution in [0.3, 0.4) is 0 Å². The van der Waals surface area contributed by atoms with Gasteiger partial charge in [0.15, 0.2) is 0 Å². The molecule has 9 rings (SSSR count). The number of fused-ring (bicyclic) bond motifs is 5. The predicted molar refractivity (Wildman–Crippen MR) is 235 cm³/mol. The van der Waals surface area contributed by atoms with E-state index < -0.39 is 0 Å². The highest BCUT2D eigenvalue weighted by molar-refractivity contribution is 6.15. The topological polar surface area (TPSA) is 25.5 Å². The van der Waals surface area contributed by atoms with Crippen LogP contribution >= 0.6 is 0 Å². The molecular formula is C53H39NO. The van der Waals surface area contributed by atoms with Crippen LogP contribution in [0.5, 0.6) is 0 Å². The van der Waals surface area contributed by atoms with E-state index in [0.29, 0.717) is 12.1 Å². The molecule has 0 saturated heterocycles. The first-order valence-corrected chi connectivity index (χ1v) is 18.7. The first-order chi connectivity index (χ1) is 27.0. The number of furan rings is 1. The van der Waals surface area contributed by atoms with Gasteiger partial charge in [0.1, 0.15) is 11.2 Å². The van der Waals surface area contributed by atoms with E-state index in [4.69, 9.17) is 16.0 Å². The zero-order valence-corrected chi connectivity index (χ0v) is 30.8. The zero-order chi connectivity index (χ0) is 37.3. The van der Waals surface area contributed by atoms with Crippen LogP contribution in [0.15, 0.2) is 210 Å². The summed E-state index contributed by atoms with van der Waals surface area (Å²) in [6, 6.07) is 61.9. The number of benzene rings is 8. The molecule has 0 aliphatic carbocycles. The van der Waals surface area contributed by atoms with Crippen LogP contribution in [0.2, 0.25) is 0 Å². The summed E-state index contributed by atoms with van der Waals surface area (Å²) in [7, 11) is 0. The van der Waals surface area contributed by atoms with Crippen molar-refractivity contribution in [1.29, 1.82) is 0 Å². The SMILES string of the molecule is C=C/C(=C(/C)C/C(=N\C(=C)c1c(-c2cccc(-c3ccccc3)c2)ccc2oc3ccccc3c12)c1ccc2ccccc2c1)c1ccc2ccccc2c1. The van der Waals surface area contributed by atoms with Crippen molar-refractivity contribution in [1.82, 2.24) is 0 Å². The molecule has 2 heteroatoms. The van der Waals surface area contributed by atoms with Gasteiger partial charge in [-0.25, -0.2) is 0 Å². The van der Waals surface area contributed by atoms with Gasteiger partial charge in [0.05, 0.1) is 11.4 Å². The van der Waals surface area contributed by atoms with Crippen LogP contribution in [0, 0.1) is 0 Å². The smallest absolute Gasteiger partial charge is 0.136 e. The van der Waals surface area contributed by atoms with Crippen LogP contribution in [0.4, 0.5) is 0 Å². The molecule has 0 radical (unpaired) electrons. The third-order valence-corrected chi connectivity index (χ3v) is 10.6. The molecule has 0 atom stereocenters. The molecule has 9 aromatic rings. The molecule has 0 spiro atoms. The highest BCUT2D eigenvalue weighted by Crippen LogP contribution is 2.42. The van der Waals surface area contributed by atoms with Crippen molar-refractivity contribution in [3.63, 3.8) is 0 Å². The minimum Gasteiger partial charge on any atom is -0.456 e. The summed E-state index contributed by atoms with van der Waals surface area (Å²) in [4.78, 5) is 5.54. The third kappa shape index (κ3) is 6.49. The van der Waals surface area contributed by atoms with Crippen LogP contribution in [0.25, 0.3) is 77.0 Å². The van der Waals surface area contributed by atoms with Gasteiger partial charge >= 0.3 is 0 Å². The van der Waals surface area contributed by atoms with Crippen molar-refractivity contribution in [3.8, 4) is 22.3 Å². The van der Waals surface area contributed by atoms with E-state index in [1.807, 2.05) is 18.2 Å². The second-order valence-corrected chi connectivity index (χ2v) is 14.1. The van der Waals surface area contributed by atoms with Crippen molar-refractivity contribution < 1.29 is 4.42 Å². The Labute approximate surface area is 321 Å². The van der Waals surface area contributed by atoms with Crippen molar-refractivity contribution >= 4 is 60.5 Å². The molecule has 0 aliphatic rings. The first-order valence-electron chi connectivity index (χ1n) is 18.7. The van der Waals surface area contributed by atoms with Crippen molar-refractivity contribution in [2.75, 3.05) is 0 Å². The third-order valence-electron chi connectivity index (χ3n) is 10.6. The van der Waals surface area contributed by atoms with Crippen LogP contribution < -0.4 is 0 Å². The normalized spacial score (nSPS) is 12.3. The van der Waals surface area contributed by atoms with Gasteiger partial charge in [-0.3, -0.25) is 4.99 Å². The Morgan fingerprint density at radius 2 is 1.18 bits per heavy atom. The zero-order valence-electron chi connectivity index (χ0n) is 30.8. The average molecular weight is 706 g/mol. The lowest BCUT2D eigenvalue weighted by atomic mass is 9.91. The molecule has 1 aromatic heterocycles. The molecular weight excluding hydrogens is 667 g/mol. The minimum absolute atomic E-state index is 0.604. The minimum atomic E-state index is 0.604. The fourth-order valence-electron chi connectivity index (χ4n) is 7.89. The van der Waals surface area contributed by atoms with E-state index in [1.165, 1.54) is 32.7 Å². The number of rotatable bonds is 9. The number of para-hydroxylation sites is 1. The number of aliphatic imine (C=N–C) groups is 1. The lowest BCUT2D eigenvalue weighted by Crippen LogP contribution is -2.04. The molecule has 0 N–H and O–H groups in total. The Kier molecular flexibility index (Phi) is 8.86. The number of hydrogen-bond acceptors (Lipinski definition) is 2. The molecule has 0 fully saturated rings. The van der Waals surface area contributed by atoms with Gasteiger partial charge in [-0.15, -0.1) is 0 Å². The number of allylic oxidation sites excluding steroid dienone is 3. The highest BCUT2D eigenvalue weighted by atomic mass is 16.3. The van der Waals surface area contributed by atoms with E-state index in [0.717, 1.165) is 66.6 Å². The Balaban J connectivity index is 1.24. The summed E-state index contributed by atoms with van der Waals surface area (Å²) in [5.74, 6) is 0. The fourth-order valence-corrected chi connectivity index (χ4v) is 7.89. The van der Waals surface area contributed by atoms with Gasteiger partial charge in [0.25, 0.3) is 0 Å². The summed E-state index contributed by atoms with van der Waals surface area (Å²) in [6.07, 6.45) is 2.58. The van der Waals surface area contributed by atoms with Crippen LogP contribution in [-0.2, 0) is 0 Å². The molecule has 55 heavy (non-hydrogen) atoms. The van der Waals surface area contributed by atoms with E-state index in [-0.39, 0.29) is 0 Å². The van der Waals surface area contributed by atoms with Gasteiger partial charge in [-0.2, -0.15) is 0 Å². The molecule has 262 valence electrons. The average Bonchev–Trinajstić information content (AvgIpc) is 3.62. The summed E-state index contributed by atoms with van der Waals surface area (Å²) in [6.45, 7) is 11.2. The number of hydrogen-bond donors (Lipinski definition) is 0. The highest BCUT2D eigenvalue weighted by Gasteiger charge is 2.20.